The van der Waals surface area contributed by atoms with Crippen molar-refractivity contribution in [3.63, 3.8) is 0 Å². The Morgan fingerprint density at radius 1 is 1.16 bits per heavy atom. The first-order valence-corrected chi connectivity index (χ1v) is 9.32. The molecule has 1 fully saturated rings. The third-order valence-electron chi connectivity index (χ3n) is 4.23. The lowest BCUT2D eigenvalue weighted by atomic mass is 9.84. The average molecular weight is 378 g/mol. The highest BCUT2D eigenvalue weighted by Gasteiger charge is 2.28. The van der Waals surface area contributed by atoms with Crippen molar-refractivity contribution < 1.29 is 9.13 Å². The maximum atomic E-state index is 12.9. The molecule has 4 rings (SSSR count). The maximum absolute atomic E-state index is 12.9. The highest BCUT2D eigenvalue weighted by atomic mass is 35.5. The van der Waals surface area contributed by atoms with Crippen LogP contribution in [0.4, 0.5) is 10.1 Å². The van der Waals surface area contributed by atoms with Gasteiger partial charge in [0.05, 0.1) is 15.6 Å². The van der Waals surface area contributed by atoms with Crippen molar-refractivity contribution in [3.05, 3.63) is 47.5 Å². The van der Waals surface area contributed by atoms with Gasteiger partial charge in [0.1, 0.15) is 11.9 Å². The van der Waals surface area contributed by atoms with E-state index in [1.165, 1.54) is 11.9 Å². The van der Waals surface area contributed by atoms with E-state index in [2.05, 4.69) is 15.0 Å². The topological polar surface area (TPSA) is 45.7 Å². The summed E-state index contributed by atoms with van der Waals surface area (Å²) in [5.41, 5.74) is 0.849. The summed E-state index contributed by atoms with van der Waals surface area (Å²) in [6, 6.07) is 13.2. The SMILES string of the molecule is FC1CC(CN=C2NSc3cccc(Oc4ccccc4Cl)c3N2)C1. The average Bonchev–Trinajstić information content (AvgIpc) is 2.60. The van der Waals surface area contributed by atoms with Gasteiger partial charge in [-0.15, -0.1) is 0 Å². The Bertz CT molecular complexity index is 811. The summed E-state index contributed by atoms with van der Waals surface area (Å²) in [5, 5.41) is 3.83. The number of anilines is 1. The molecule has 0 bridgehead atoms. The van der Waals surface area contributed by atoms with Gasteiger partial charge in [0.15, 0.2) is 5.75 Å². The number of guanidine groups is 1. The molecule has 7 heteroatoms. The molecule has 0 unspecified atom stereocenters. The summed E-state index contributed by atoms with van der Waals surface area (Å²) >= 11 is 7.66. The summed E-state index contributed by atoms with van der Waals surface area (Å²) < 4.78 is 22.1. The summed E-state index contributed by atoms with van der Waals surface area (Å²) in [4.78, 5) is 5.54. The van der Waals surface area contributed by atoms with Gasteiger partial charge in [0.25, 0.3) is 0 Å². The molecule has 25 heavy (non-hydrogen) atoms. The molecule has 0 aromatic heterocycles. The minimum absolute atomic E-state index is 0.340. The fraction of sp³-hybridized carbons (Fsp3) is 0.278. The number of nitrogens with one attached hydrogen (secondary N) is 2. The Balaban J connectivity index is 1.52. The van der Waals surface area contributed by atoms with Crippen LogP contribution in [0.5, 0.6) is 11.5 Å². The van der Waals surface area contributed by atoms with Crippen molar-refractivity contribution in [2.45, 2.75) is 23.9 Å². The molecular formula is C18H17ClFN3OS. The van der Waals surface area contributed by atoms with E-state index in [1.54, 1.807) is 6.07 Å². The summed E-state index contributed by atoms with van der Waals surface area (Å²) in [7, 11) is 0. The number of hydrogen-bond donors (Lipinski definition) is 2. The van der Waals surface area contributed by atoms with Crippen molar-refractivity contribution in [2.24, 2.45) is 10.9 Å². The van der Waals surface area contributed by atoms with Crippen LogP contribution in [0, 0.1) is 5.92 Å². The molecule has 2 N–H and O–H groups in total. The minimum Gasteiger partial charge on any atom is -0.454 e. The van der Waals surface area contributed by atoms with E-state index in [0.717, 1.165) is 10.6 Å². The molecule has 0 amide bonds. The predicted octanol–water partition coefficient (Wildman–Crippen LogP) is 5.26. The van der Waals surface area contributed by atoms with Gasteiger partial charge in [0.2, 0.25) is 5.96 Å². The second-order valence-corrected chi connectivity index (χ2v) is 7.37. The van der Waals surface area contributed by atoms with Crippen LogP contribution in [-0.2, 0) is 0 Å². The number of halogens is 2. The third-order valence-corrected chi connectivity index (χ3v) is 5.40. The minimum atomic E-state index is -0.650. The van der Waals surface area contributed by atoms with E-state index in [1.807, 2.05) is 36.4 Å². The molecule has 0 radical (unpaired) electrons. The Labute approximate surface area is 155 Å². The number of alkyl halides is 1. The van der Waals surface area contributed by atoms with Gasteiger partial charge in [-0.1, -0.05) is 29.8 Å². The highest BCUT2D eigenvalue weighted by molar-refractivity contribution is 7.98. The Morgan fingerprint density at radius 3 is 2.76 bits per heavy atom. The largest absolute Gasteiger partial charge is 0.454 e. The van der Waals surface area contributed by atoms with E-state index in [0.29, 0.717) is 47.8 Å². The van der Waals surface area contributed by atoms with E-state index in [9.17, 15) is 4.39 Å². The number of para-hydroxylation sites is 2. The molecular weight excluding hydrogens is 361 g/mol. The first-order chi connectivity index (χ1) is 12.2. The second-order valence-electron chi connectivity index (χ2n) is 6.11. The Morgan fingerprint density at radius 2 is 1.96 bits per heavy atom. The van der Waals surface area contributed by atoms with Crippen LogP contribution in [0.15, 0.2) is 52.4 Å². The van der Waals surface area contributed by atoms with Crippen LogP contribution in [-0.4, -0.2) is 18.7 Å². The zero-order valence-electron chi connectivity index (χ0n) is 13.3. The first kappa shape index (κ1) is 16.5. The van der Waals surface area contributed by atoms with E-state index < -0.39 is 6.17 Å². The Hall–Kier alpha value is -1.92. The van der Waals surface area contributed by atoms with Gasteiger partial charge in [0, 0.05) is 6.54 Å². The van der Waals surface area contributed by atoms with Crippen LogP contribution < -0.4 is 14.8 Å². The fourth-order valence-corrected chi connectivity index (χ4v) is 3.69. The molecule has 2 aromatic rings. The second kappa shape index (κ2) is 7.14. The fourth-order valence-electron chi connectivity index (χ4n) is 2.79. The molecule has 130 valence electrons. The summed E-state index contributed by atoms with van der Waals surface area (Å²) in [6.07, 6.45) is 0.575. The van der Waals surface area contributed by atoms with Crippen LogP contribution in [0.2, 0.25) is 5.02 Å². The van der Waals surface area contributed by atoms with E-state index in [-0.39, 0.29) is 0 Å². The van der Waals surface area contributed by atoms with Gasteiger partial charge >= 0.3 is 0 Å². The number of rotatable bonds is 4. The molecule has 0 atom stereocenters. The third kappa shape index (κ3) is 3.70. The molecule has 4 nitrogen and oxygen atoms in total. The zero-order chi connectivity index (χ0) is 17.2. The van der Waals surface area contributed by atoms with Crippen LogP contribution in [0.3, 0.4) is 0 Å². The number of aliphatic imine (C=N–C) groups is 1. The zero-order valence-corrected chi connectivity index (χ0v) is 14.9. The molecule has 1 heterocycles. The Kier molecular flexibility index (Phi) is 4.72. The van der Waals surface area contributed by atoms with Crippen molar-refractivity contribution in [2.75, 3.05) is 11.9 Å². The summed E-state index contributed by atoms with van der Waals surface area (Å²) in [6.45, 7) is 0.624. The van der Waals surface area contributed by atoms with Crippen LogP contribution >= 0.6 is 23.5 Å². The molecule has 0 spiro atoms. The lowest BCUT2D eigenvalue weighted by Gasteiger charge is -2.29. The number of fused-ring (bicyclic) bond motifs is 1. The van der Waals surface area contributed by atoms with Crippen molar-refractivity contribution >= 4 is 35.2 Å². The van der Waals surface area contributed by atoms with E-state index in [4.69, 9.17) is 16.3 Å². The normalized spacial score (nSPS) is 23.2. The monoisotopic (exact) mass is 377 g/mol. The van der Waals surface area contributed by atoms with Crippen LogP contribution in [0.1, 0.15) is 12.8 Å². The van der Waals surface area contributed by atoms with Crippen LogP contribution in [0.25, 0.3) is 0 Å². The first-order valence-electron chi connectivity index (χ1n) is 8.13. The van der Waals surface area contributed by atoms with Crippen molar-refractivity contribution in [1.29, 1.82) is 0 Å². The quantitative estimate of drug-likeness (QED) is 0.713. The molecule has 2 aliphatic rings. The summed E-state index contributed by atoms with van der Waals surface area (Å²) in [5.74, 6) is 2.28. The van der Waals surface area contributed by atoms with Gasteiger partial charge in [-0.05, 0) is 55.0 Å². The van der Waals surface area contributed by atoms with E-state index >= 15 is 0 Å². The number of nitrogens with zero attached hydrogens (tertiary/aromatic N) is 1. The van der Waals surface area contributed by atoms with Crippen molar-refractivity contribution in [1.82, 2.24) is 4.72 Å². The predicted molar refractivity (Wildman–Crippen MR) is 101 cm³/mol. The highest BCUT2D eigenvalue weighted by Crippen LogP contribution is 2.40. The smallest absolute Gasteiger partial charge is 0.206 e. The van der Waals surface area contributed by atoms with Gasteiger partial charge in [-0.25, -0.2) is 4.39 Å². The molecule has 2 aromatic carbocycles. The number of hydrogen-bond acceptors (Lipinski definition) is 3. The standard InChI is InChI=1S/C18H17ClFN3OS/c19-13-4-1-2-5-14(13)24-15-6-3-7-16-17(15)22-18(23-25-16)21-10-11-8-12(20)9-11/h1-7,11-12H,8-10H2,(H2,21,22,23). The van der Waals surface area contributed by atoms with Gasteiger partial charge < -0.3 is 10.1 Å². The van der Waals surface area contributed by atoms with Crippen molar-refractivity contribution in [3.8, 4) is 11.5 Å². The molecule has 1 saturated carbocycles. The molecule has 1 aliphatic carbocycles. The maximum Gasteiger partial charge on any atom is 0.206 e. The molecule has 0 saturated heterocycles. The van der Waals surface area contributed by atoms with Gasteiger partial charge in [-0.2, -0.15) is 0 Å². The number of ether oxygens (including phenoxy) is 1. The van der Waals surface area contributed by atoms with Gasteiger partial charge in [-0.3, -0.25) is 9.71 Å². The number of benzene rings is 2. The molecule has 1 aliphatic heterocycles. The lowest BCUT2D eigenvalue weighted by molar-refractivity contribution is 0.137. The lowest BCUT2D eigenvalue weighted by Crippen LogP contribution is -2.32.